The highest BCUT2D eigenvalue weighted by Crippen LogP contribution is 2.31. The van der Waals surface area contributed by atoms with Gasteiger partial charge in [0.1, 0.15) is 11.3 Å². The van der Waals surface area contributed by atoms with Crippen LogP contribution in [0, 0.1) is 6.92 Å². The van der Waals surface area contributed by atoms with Crippen molar-refractivity contribution >= 4 is 11.6 Å². The molecule has 0 spiro atoms. The maximum absolute atomic E-state index is 12.9. The molecule has 0 unspecified atom stereocenters. The van der Waals surface area contributed by atoms with Gasteiger partial charge >= 0.3 is 0 Å². The molecule has 1 N–H and O–H groups in total. The van der Waals surface area contributed by atoms with Gasteiger partial charge in [-0.05, 0) is 49.9 Å². The normalized spacial score (nSPS) is 16.1. The minimum atomic E-state index is -0.161. The highest BCUT2D eigenvalue weighted by Gasteiger charge is 2.27. The first-order valence-corrected chi connectivity index (χ1v) is 9.44. The molecule has 0 aromatic carbocycles. The van der Waals surface area contributed by atoms with E-state index >= 15 is 0 Å². The van der Waals surface area contributed by atoms with E-state index in [4.69, 9.17) is 0 Å². The van der Waals surface area contributed by atoms with Gasteiger partial charge in [-0.15, -0.1) is 0 Å². The number of nitrogens with one attached hydrogen (secondary N) is 1. The van der Waals surface area contributed by atoms with Crippen molar-refractivity contribution in [3.8, 4) is 5.82 Å². The number of fused-ring (bicyclic) bond motifs is 2. The lowest BCUT2D eigenvalue weighted by Gasteiger charge is -2.23. The van der Waals surface area contributed by atoms with Crippen LogP contribution in [0.25, 0.3) is 11.5 Å². The zero-order valence-corrected chi connectivity index (χ0v) is 15.5. The Balaban J connectivity index is 1.43. The van der Waals surface area contributed by atoms with Crippen LogP contribution in [0.3, 0.4) is 0 Å². The summed E-state index contributed by atoms with van der Waals surface area (Å²) in [6.07, 6.45) is 10.1. The molecule has 1 aliphatic rings. The number of rotatable bonds is 3. The van der Waals surface area contributed by atoms with Crippen molar-refractivity contribution in [1.29, 1.82) is 0 Å². The van der Waals surface area contributed by atoms with Gasteiger partial charge in [0.25, 0.3) is 5.91 Å². The van der Waals surface area contributed by atoms with Gasteiger partial charge in [-0.3, -0.25) is 4.79 Å². The second-order valence-electron chi connectivity index (χ2n) is 7.11. The summed E-state index contributed by atoms with van der Waals surface area (Å²) in [7, 11) is 0. The van der Waals surface area contributed by atoms with E-state index in [9.17, 15) is 4.79 Å². The maximum atomic E-state index is 12.9. The molecule has 0 bridgehead atoms. The van der Waals surface area contributed by atoms with Crippen LogP contribution in [0.2, 0.25) is 0 Å². The van der Waals surface area contributed by atoms with Gasteiger partial charge in [0.05, 0.1) is 17.9 Å². The highest BCUT2D eigenvalue weighted by atomic mass is 16.2. The maximum Gasteiger partial charge on any atom is 0.271 e. The summed E-state index contributed by atoms with van der Waals surface area (Å²) in [5.41, 5.74) is 4.45. The Morgan fingerprint density at radius 1 is 1.25 bits per heavy atom. The van der Waals surface area contributed by atoms with Crippen LogP contribution in [0.4, 0.5) is 0 Å². The smallest absolute Gasteiger partial charge is 0.271 e. The van der Waals surface area contributed by atoms with Crippen molar-refractivity contribution in [1.82, 2.24) is 29.5 Å². The van der Waals surface area contributed by atoms with Crippen LogP contribution in [0.5, 0.6) is 0 Å². The number of hydrogen-bond donors (Lipinski definition) is 1. The highest BCUT2D eigenvalue weighted by molar-refractivity contribution is 5.93. The molecule has 7 nitrogen and oxygen atoms in total. The first kappa shape index (κ1) is 16.7. The summed E-state index contributed by atoms with van der Waals surface area (Å²) in [6.45, 7) is 1.99. The van der Waals surface area contributed by atoms with Gasteiger partial charge in [-0.1, -0.05) is 12.1 Å². The van der Waals surface area contributed by atoms with Crippen LogP contribution >= 0.6 is 0 Å². The fourth-order valence-electron chi connectivity index (χ4n) is 3.88. The third kappa shape index (κ3) is 2.76. The van der Waals surface area contributed by atoms with Crippen LogP contribution in [-0.4, -0.2) is 30.1 Å². The zero-order chi connectivity index (χ0) is 19.1. The topological polar surface area (TPSA) is 77.1 Å². The average molecular weight is 372 g/mol. The second kappa shape index (κ2) is 6.60. The third-order valence-electron chi connectivity index (χ3n) is 5.27. The lowest BCUT2D eigenvalue weighted by molar-refractivity contribution is 0.0928. The molecule has 1 atom stereocenters. The van der Waals surface area contributed by atoms with Crippen molar-refractivity contribution < 1.29 is 4.79 Å². The predicted molar refractivity (Wildman–Crippen MR) is 104 cm³/mol. The van der Waals surface area contributed by atoms with Gasteiger partial charge in [0.15, 0.2) is 5.82 Å². The van der Waals surface area contributed by atoms with E-state index in [0.29, 0.717) is 5.69 Å². The van der Waals surface area contributed by atoms with Gasteiger partial charge < -0.3 is 9.72 Å². The second-order valence-corrected chi connectivity index (χ2v) is 7.11. The fraction of sp³-hybridized carbons (Fsp3) is 0.238. The Kier molecular flexibility index (Phi) is 3.93. The van der Waals surface area contributed by atoms with Crippen LogP contribution in [0.1, 0.15) is 46.2 Å². The molecular formula is C21H20N6O. The van der Waals surface area contributed by atoms with E-state index in [0.717, 1.165) is 47.5 Å². The molecule has 0 radical (unpaired) electrons. The number of hydrogen-bond acceptors (Lipinski definition) is 4. The lowest BCUT2D eigenvalue weighted by Crippen LogP contribution is -2.31. The first-order chi connectivity index (χ1) is 13.7. The Morgan fingerprint density at radius 2 is 2.18 bits per heavy atom. The third-order valence-corrected chi connectivity index (χ3v) is 5.27. The van der Waals surface area contributed by atoms with Crippen LogP contribution < -0.4 is 5.32 Å². The van der Waals surface area contributed by atoms with E-state index in [-0.39, 0.29) is 11.9 Å². The Morgan fingerprint density at radius 3 is 3.00 bits per heavy atom. The standard InChI is InChI=1S/C21H20N6O/c1-14-6-5-11-26-13-17(24-20(14)26)21(28)25-16-7-4-8-18-15(16)12-23-27(18)19-9-2-3-10-22-19/h2-3,5-6,9-13,16H,4,7-8H2,1H3,(H,25,28)/t16-/m0/s1. The van der Waals surface area contributed by atoms with Crippen molar-refractivity contribution in [2.24, 2.45) is 0 Å². The molecule has 7 heteroatoms. The fourth-order valence-corrected chi connectivity index (χ4v) is 3.88. The SMILES string of the molecule is Cc1cccn2cc(C(=O)N[C@H]3CCCc4c3cnn4-c3ccccn3)nc12. The van der Waals surface area contributed by atoms with Crippen LogP contribution in [-0.2, 0) is 6.42 Å². The number of carbonyl (C=O) groups is 1. The molecule has 4 heterocycles. The average Bonchev–Trinajstić information content (AvgIpc) is 3.34. The molecule has 0 fully saturated rings. The van der Waals surface area contributed by atoms with Gasteiger partial charge in [-0.2, -0.15) is 5.10 Å². The van der Waals surface area contributed by atoms with Gasteiger partial charge in [0.2, 0.25) is 0 Å². The molecule has 0 aliphatic heterocycles. The van der Waals surface area contributed by atoms with Crippen molar-refractivity contribution in [3.05, 3.63) is 77.6 Å². The van der Waals surface area contributed by atoms with E-state index in [2.05, 4.69) is 20.4 Å². The molecule has 0 saturated heterocycles. The first-order valence-electron chi connectivity index (χ1n) is 9.44. The van der Waals surface area contributed by atoms with E-state index in [1.54, 1.807) is 12.4 Å². The summed E-state index contributed by atoms with van der Waals surface area (Å²) in [4.78, 5) is 21.8. The lowest BCUT2D eigenvalue weighted by atomic mass is 9.93. The van der Waals surface area contributed by atoms with Crippen molar-refractivity contribution in [2.75, 3.05) is 0 Å². The molecule has 0 saturated carbocycles. The summed E-state index contributed by atoms with van der Waals surface area (Å²) >= 11 is 0. The molecule has 1 amide bonds. The molecule has 1 aliphatic carbocycles. The molecule has 28 heavy (non-hydrogen) atoms. The predicted octanol–water partition coefficient (Wildman–Crippen LogP) is 3.03. The van der Waals surface area contributed by atoms with Crippen LogP contribution in [0.15, 0.2) is 55.1 Å². The van der Waals surface area contributed by atoms with Crippen molar-refractivity contribution in [2.45, 2.75) is 32.2 Å². The number of carbonyl (C=O) groups excluding carboxylic acids is 1. The minimum Gasteiger partial charge on any atom is -0.344 e. The molecule has 4 aromatic rings. The summed E-state index contributed by atoms with van der Waals surface area (Å²) in [6, 6.07) is 9.64. The Hall–Kier alpha value is -3.48. The van der Waals surface area contributed by atoms with Gasteiger partial charge in [-0.25, -0.2) is 14.6 Å². The Bertz CT molecular complexity index is 1160. The largest absolute Gasteiger partial charge is 0.344 e. The number of nitrogens with zero attached hydrogens (tertiary/aromatic N) is 5. The summed E-state index contributed by atoms with van der Waals surface area (Å²) in [5.74, 6) is 0.637. The number of aromatic nitrogens is 5. The number of imidazole rings is 1. The monoisotopic (exact) mass is 372 g/mol. The zero-order valence-electron chi connectivity index (χ0n) is 15.5. The number of aryl methyl sites for hydroxylation is 1. The minimum absolute atomic E-state index is 0.0698. The van der Waals surface area contributed by atoms with E-state index < -0.39 is 0 Å². The summed E-state index contributed by atoms with van der Waals surface area (Å²) in [5, 5.41) is 7.68. The number of amides is 1. The number of pyridine rings is 2. The van der Waals surface area contributed by atoms with E-state index in [1.807, 2.05) is 58.7 Å². The van der Waals surface area contributed by atoms with E-state index in [1.165, 1.54) is 0 Å². The molecule has 140 valence electrons. The molecule has 4 aromatic heterocycles. The quantitative estimate of drug-likeness (QED) is 0.600. The van der Waals surface area contributed by atoms with Gasteiger partial charge in [0, 0.05) is 24.2 Å². The summed E-state index contributed by atoms with van der Waals surface area (Å²) < 4.78 is 3.76. The van der Waals surface area contributed by atoms with Crippen molar-refractivity contribution in [3.63, 3.8) is 0 Å². The molecule has 5 rings (SSSR count). The Labute approximate surface area is 162 Å². The molecular weight excluding hydrogens is 352 g/mol.